The molecule has 2 fully saturated rings. The molecular weight excluding hydrogens is 214 g/mol. The maximum Gasteiger partial charge on any atom is 0.411 e. The van der Waals surface area contributed by atoms with Gasteiger partial charge in [-0.25, -0.2) is 4.79 Å². The van der Waals surface area contributed by atoms with Crippen molar-refractivity contribution in [1.82, 2.24) is 4.90 Å². The standard InChI is InChI=1S/C14H17NO2/c1-14-9-5-6-10-15(14)13(16)17-12(14)11-7-3-2-4-8-11/h2-4,7-8,12H,5-6,9-10H2,1H3/t12-,14-/m0/s1. The first kappa shape index (κ1) is 10.6. The molecule has 2 aliphatic rings. The van der Waals surface area contributed by atoms with Gasteiger partial charge in [-0.3, -0.25) is 4.90 Å². The average Bonchev–Trinajstić information content (AvgIpc) is 2.63. The predicted octanol–water partition coefficient (Wildman–Crippen LogP) is 3.12. The molecule has 90 valence electrons. The Morgan fingerprint density at radius 2 is 2.06 bits per heavy atom. The summed E-state index contributed by atoms with van der Waals surface area (Å²) in [6.07, 6.45) is 3.02. The Labute approximate surface area is 101 Å². The number of hydrogen-bond acceptors (Lipinski definition) is 2. The van der Waals surface area contributed by atoms with E-state index in [0.29, 0.717) is 0 Å². The molecule has 0 spiro atoms. The number of amides is 1. The van der Waals surface area contributed by atoms with Crippen molar-refractivity contribution in [2.75, 3.05) is 6.54 Å². The number of carbonyl (C=O) groups excluding carboxylic acids is 1. The second-order valence-corrected chi connectivity index (χ2v) is 5.14. The summed E-state index contributed by atoms with van der Waals surface area (Å²) < 4.78 is 5.58. The number of cyclic esters (lactones) is 1. The first-order chi connectivity index (χ1) is 8.22. The van der Waals surface area contributed by atoms with Crippen molar-refractivity contribution in [3.63, 3.8) is 0 Å². The van der Waals surface area contributed by atoms with Crippen LogP contribution in [0.25, 0.3) is 0 Å². The van der Waals surface area contributed by atoms with Crippen LogP contribution < -0.4 is 0 Å². The van der Waals surface area contributed by atoms with Gasteiger partial charge in [-0.2, -0.15) is 0 Å². The van der Waals surface area contributed by atoms with Crippen LogP contribution in [0.1, 0.15) is 37.9 Å². The first-order valence-corrected chi connectivity index (χ1v) is 6.25. The fraction of sp³-hybridized carbons (Fsp3) is 0.500. The van der Waals surface area contributed by atoms with E-state index >= 15 is 0 Å². The molecule has 0 aliphatic carbocycles. The van der Waals surface area contributed by atoms with Crippen LogP contribution >= 0.6 is 0 Å². The van der Waals surface area contributed by atoms with Crippen molar-refractivity contribution < 1.29 is 9.53 Å². The molecule has 0 aromatic heterocycles. The van der Waals surface area contributed by atoms with Gasteiger partial charge in [-0.15, -0.1) is 0 Å². The Morgan fingerprint density at radius 3 is 2.82 bits per heavy atom. The number of rotatable bonds is 1. The lowest BCUT2D eigenvalue weighted by Crippen LogP contribution is -2.48. The molecule has 2 saturated heterocycles. The number of nitrogens with zero attached hydrogens (tertiary/aromatic N) is 1. The summed E-state index contributed by atoms with van der Waals surface area (Å²) >= 11 is 0. The monoisotopic (exact) mass is 231 g/mol. The molecule has 3 nitrogen and oxygen atoms in total. The molecule has 0 bridgehead atoms. The van der Waals surface area contributed by atoms with Gasteiger partial charge in [-0.05, 0) is 31.7 Å². The van der Waals surface area contributed by atoms with Crippen molar-refractivity contribution in [3.8, 4) is 0 Å². The fourth-order valence-electron chi connectivity index (χ4n) is 3.06. The molecular formula is C14H17NO2. The van der Waals surface area contributed by atoms with E-state index in [4.69, 9.17) is 4.74 Å². The van der Waals surface area contributed by atoms with Crippen LogP contribution in [-0.2, 0) is 4.74 Å². The van der Waals surface area contributed by atoms with Gasteiger partial charge in [0.25, 0.3) is 0 Å². The SMILES string of the molecule is C[C@@]12CCCCN1C(=O)O[C@H]2c1ccccc1. The van der Waals surface area contributed by atoms with Crippen LogP contribution in [0.2, 0.25) is 0 Å². The number of piperidine rings is 1. The normalized spacial score (nSPS) is 32.2. The minimum atomic E-state index is -0.156. The van der Waals surface area contributed by atoms with Crippen LogP contribution in [0.15, 0.2) is 30.3 Å². The zero-order valence-electron chi connectivity index (χ0n) is 10.1. The van der Waals surface area contributed by atoms with Gasteiger partial charge in [0.15, 0.2) is 6.10 Å². The molecule has 1 amide bonds. The fourth-order valence-corrected chi connectivity index (χ4v) is 3.06. The third-order valence-electron chi connectivity index (χ3n) is 4.04. The molecule has 17 heavy (non-hydrogen) atoms. The van der Waals surface area contributed by atoms with E-state index in [0.717, 1.165) is 24.9 Å². The zero-order chi connectivity index (χ0) is 11.9. The predicted molar refractivity (Wildman–Crippen MR) is 64.6 cm³/mol. The largest absolute Gasteiger partial charge is 0.439 e. The smallest absolute Gasteiger partial charge is 0.411 e. The lowest BCUT2D eigenvalue weighted by atomic mass is 9.82. The van der Waals surface area contributed by atoms with Gasteiger partial charge in [-0.1, -0.05) is 30.3 Å². The molecule has 1 aromatic rings. The molecule has 1 aromatic carbocycles. The third-order valence-corrected chi connectivity index (χ3v) is 4.04. The third kappa shape index (κ3) is 1.53. The quantitative estimate of drug-likeness (QED) is 0.743. The first-order valence-electron chi connectivity index (χ1n) is 6.25. The molecule has 2 aliphatic heterocycles. The molecule has 2 atom stereocenters. The maximum atomic E-state index is 11.9. The van der Waals surface area contributed by atoms with Crippen molar-refractivity contribution in [1.29, 1.82) is 0 Å². The highest BCUT2D eigenvalue weighted by Gasteiger charge is 2.52. The highest BCUT2D eigenvalue weighted by Crippen LogP contribution is 2.46. The van der Waals surface area contributed by atoms with E-state index < -0.39 is 0 Å². The average molecular weight is 231 g/mol. The van der Waals surface area contributed by atoms with Crippen molar-refractivity contribution in [2.24, 2.45) is 0 Å². The molecule has 3 heteroatoms. The van der Waals surface area contributed by atoms with Gasteiger partial charge in [0, 0.05) is 6.54 Å². The van der Waals surface area contributed by atoms with E-state index in [9.17, 15) is 4.79 Å². The van der Waals surface area contributed by atoms with E-state index in [1.807, 2.05) is 35.2 Å². The summed E-state index contributed by atoms with van der Waals surface area (Å²) in [6, 6.07) is 10.1. The lowest BCUT2D eigenvalue weighted by Gasteiger charge is -2.39. The Morgan fingerprint density at radius 1 is 1.29 bits per heavy atom. The summed E-state index contributed by atoms with van der Waals surface area (Å²) in [6.45, 7) is 2.98. The molecule has 0 N–H and O–H groups in total. The minimum absolute atomic E-state index is 0.114. The van der Waals surface area contributed by atoms with Gasteiger partial charge >= 0.3 is 6.09 Å². The number of fused-ring (bicyclic) bond motifs is 1. The number of carbonyl (C=O) groups is 1. The summed E-state index contributed by atoms with van der Waals surface area (Å²) in [5.41, 5.74) is 0.948. The summed E-state index contributed by atoms with van der Waals surface area (Å²) in [4.78, 5) is 13.8. The van der Waals surface area contributed by atoms with Crippen molar-refractivity contribution in [3.05, 3.63) is 35.9 Å². The topological polar surface area (TPSA) is 29.5 Å². The van der Waals surface area contributed by atoms with Crippen LogP contribution in [0.3, 0.4) is 0 Å². The number of hydrogen-bond donors (Lipinski definition) is 0. The van der Waals surface area contributed by atoms with Gasteiger partial charge < -0.3 is 4.74 Å². The maximum absolute atomic E-state index is 11.9. The molecule has 3 rings (SSSR count). The van der Waals surface area contributed by atoms with E-state index in [2.05, 4.69) is 6.92 Å². The van der Waals surface area contributed by atoms with Crippen LogP contribution in [-0.4, -0.2) is 23.1 Å². The summed E-state index contributed by atoms with van der Waals surface area (Å²) in [5.74, 6) is 0. The molecule has 0 unspecified atom stereocenters. The number of benzene rings is 1. The molecule has 2 heterocycles. The number of ether oxygens (including phenoxy) is 1. The van der Waals surface area contributed by atoms with Gasteiger partial charge in [0.1, 0.15) is 0 Å². The van der Waals surface area contributed by atoms with E-state index in [1.54, 1.807) is 0 Å². The highest BCUT2D eigenvalue weighted by molar-refractivity contribution is 5.72. The van der Waals surface area contributed by atoms with Crippen LogP contribution in [0.5, 0.6) is 0 Å². The van der Waals surface area contributed by atoms with E-state index in [1.165, 1.54) is 6.42 Å². The second kappa shape index (κ2) is 3.76. The molecule has 0 saturated carbocycles. The highest BCUT2D eigenvalue weighted by atomic mass is 16.6. The van der Waals surface area contributed by atoms with Gasteiger partial charge in [0.05, 0.1) is 5.54 Å². The van der Waals surface area contributed by atoms with Crippen molar-refractivity contribution in [2.45, 2.75) is 37.8 Å². The van der Waals surface area contributed by atoms with Gasteiger partial charge in [0.2, 0.25) is 0 Å². The summed E-state index contributed by atoms with van der Waals surface area (Å²) in [7, 11) is 0. The second-order valence-electron chi connectivity index (χ2n) is 5.14. The van der Waals surface area contributed by atoms with Crippen molar-refractivity contribution >= 4 is 6.09 Å². The Hall–Kier alpha value is -1.51. The molecule has 0 radical (unpaired) electrons. The Balaban J connectivity index is 1.98. The van der Waals surface area contributed by atoms with Crippen LogP contribution in [0.4, 0.5) is 4.79 Å². The summed E-state index contributed by atoms with van der Waals surface area (Å²) in [5, 5.41) is 0. The zero-order valence-corrected chi connectivity index (χ0v) is 10.1. The Kier molecular flexibility index (Phi) is 2.35. The van der Waals surface area contributed by atoms with Crippen LogP contribution in [0, 0.1) is 0 Å². The Bertz CT molecular complexity index is 431. The van der Waals surface area contributed by atoms with E-state index in [-0.39, 0.29) is 17.7 Å². The lowest BCUT2D eigenvalue weighted by molar-refractivity contribution is 0.0830. The minimum Gasteiger partial charge on any atom is -0.439 e.